The van der Waals surface area contributed by atoms with Gasteiger partial charge in [-0.15, -0.1) is 0 Å². The van der Waals surface area contributed by atoms with Crippen LogP contribution in [0.25, 0.3) is 0 Å². The Kier molecular flexibility index (Phi) is 8.40. The highest BCUT2D eigenvalue weighted by atomic mass is 16.5. The maximum Gasteiger partial charge on any atom is 0.323 e. The summed E-state index contributed by atoms with van der Waals surface area (Å²) in [6.07, 6.45) is 2.09. The van der Waals surface area contributed by atoms with Crippen LogP contribution in [0.4, 0.5) is 0 Å². The molecule has 0 saturated carbocycles. The van der Waals surface area contributed by atoms with E-state index in [0.717, 1.165) is 19.3 Å². The molecule has 0 aliphatic carbocycles. The molecule has 5 nitrogen and oxygen atoms in total. The van der Waals surface area contributed by atoms with Gasteiger partial charge in [-0.05, 0) is 19.8 Å². The molecule has 0 heterocycles. The molecule has 0 bridgehead atoms. The van der Waals surface area contributed by atoms with Gasteiger partial charge in [0.1, 0.15) is 12.6 Å². The Morgan fingerprint density at radius 3 is 2.41 bits per heavy atom. The van der Waals surface area contributed by atoms with Gasteiger partial charge in [-0.3, -0.25) is 9.59 Å². The fourth-order valence-corrected chi connectivity index (χ4v) is 1.43. The largest absolute Gasteiger partial charge is 0.480 e. The molecule has 0 rings (SSSR count). The number of ether oxygens (including phenoxy) is 1. The lowest BCUT2D eigenvalue weighted by molar-refractivity contribution is -0.150. The van der Waals surface area contributed by atoms with Gasteiger partial charge in [-0.25, -0.2) is 0 Å². The van der Waals surface area contributed by atoms with Crippen molar-refractivity contribution in [1.82, 2.24) is 4.90 Å². The van der Waals surface area contributed by atoms with Gasteiger partial charge in [-0.1, -0.05) is 20.3 Å². The summed E-state index contributed by atoms with van der Waals surface area (Å²) in [6.45, 7) is 6.36. The third-order valence-electron chi connectivity index (χ3n) is 2.34. The van der Waals surface area contributed by atoms with Gasteiger partial charge in [0.2, 0.25) is 0 Å². The van der Waals surface area contributed by atoms with E-state index in [9.17, 15) is 9.59 Å². The van der Waals surface area contributed by atoms with E-state index < -0.39 is 12.1 Å². The number of amides is 1. The Bertz CT molecular complexity index is 243. The van der Waals surface area contributed by atoms with Crippen LogP contribution < -0.4 is 0 Å². The van der Waals surface area contributed by atoms with Crippen molar-refractivity contribution in [1.29, 1.82) is 0 Å². The molecular weight excluding hydrogens is 222 g/mol. The highest BCUT2D eigenvalue weighted by Gasteiger charge is 2.22. The SMILES string of the molecule is CCCCO[C@@H](C)C(=O)N(CCC)CC(=O)O. The number of hydrogen-bond acceptors (Lipinski definition) is 3. The van der Waals surface area contributed by atoms with Crippen molar-refractivity contribution in [2.75, 3.05) is 19.7 Å². The molecule has 0 spiro atoms. The molecular formula is C12H23NO4. The van der Waals surface area contributed by atoms with E-state index in [1.165, 1.54) is 4.90 Å². The predicted molar refractivity (Wildman–Crippen MR) is 64.8 cm³/mol. The van der Waals surface area contributed by atoms with Crippen molar-refractivity contribution in [3.05, 3.63) is 0 Å². The number of carbonyl (C=O) groups excluding carboxylic acids is 1. The first-order valence-corrected chi connectivity index (χ1v) is 6.15. The Morgan fingerprint density at radius 1 is 1.29 bits per heavy atom. The Morgan fingerprint density at radius 2 is 1.94 bits per heavy atom. The van der Waals surface area contributed by atoms with Gasteiger partial charge >= 0.3 is 5.97 Å². The van der Waals surface area contributed by atoms with E-state index in [1.807, 2.05) is 13.8 Å². The maximum absolute atomic E-state index is 11.9. The van der Waals surface area contributed by atoms with Crippen LogP contribution in [0.3, 0.4) is 0 Å². The van der Waals surface area contributed by atoms with Crippen molar-refractivity contribution in [2.24, 2.45) is 0 Å². The predicted octanol–water partition coefficient (Wildman–Crippen LogP) is 1.51. The molecule has 0 unspecified atom stereocenters. The second-order valence-corrected chi connectivity index (χ2v) is 4.02. The minimum Gasteiger partial charge on any atom is -0.480 e. The van der Waals surface area contributed by atoms with E-state index in [2.05, 4.69) is 0 Å². The molecule has 0 radical (unpaired) electrons. The van der Waals surface area contributed by atoms with Crippen LogP contribution in [-0.4, -0.2) is 47.7 Å². The zero-order chi connectivity index (χ0) is 13.3. The topological polar surface area (TPSA) is 66.8 Å². The first kappa shape index (κ1) is 15.9. The lowest BCUT2D eigenvalue weighted by Crippen LogP contribution is -2.42. The summed E-state index contributed by atoms with van der Waals surface area (Å²) in [7, 11) is 0. The Balaban J connectivity index is 4.22. The first-order chi connectivity index (χ1) is 8.02. The molecule has 100 valence electrons. The standard InChI is InChI=1S/C12H23NO4/c1-4-6-8-17-10(3)12(16)13(7-5-2)9-11(14)15/h10H,4-9H2,1-3H3,(H,14,15)/t10-/m0/s1. The quantitative estimate of drug-likeness (QED) is 0.625. The van der Waals surface area contributed by atoms with Gasteiger partial charge in [0.25, 0.3) is 5.91 Å². The zero-order valence-corrected chi connectivity index (χ0v) is 10.9. The van der Waals surface area contributed by atoms with Crippen molar-refractivity contribution in [2.45, 2.75) is 46.1 Å². The van der Waals surface area contributed by atoms with Crippen molar-refractivity contribution >= 4 is 11.9 Å². The third kappa shape index (κ3) is 6.94. The van der Waals surface area contributed by atoms with Gasteiger partial charge < -0.3 is 14.7 Å². The molecule has 0 saturated heterocycles. The molecule has 0 aliphatic heterocycles. The molecule has 0 aromatic heterocycles. The fourth-order valence-electron chi connectivity index (χ4n) is 1.43. The Hall–Kier alpha value is -1.10. The number of rotatable bonds is 9. The van der Waals surface area contributed by atoms with Crippen LogP contribution in [0.15, 0.2) is 0 Å². The average Bonchev–Trinajstić information content (AvgIpc) is 2.27. The number of carboxylic acids is 1. The second-order valence-electron chi connectivity index (χ2n) is 4.02. The van der Waals surface area contributed by atoms with Crippen LogP contribution >= 0.6 is 0 Å². The van der Waals surface area contributed by atoms with E-state index in [-0.39, 0.29) is 12.5 Å². The number of nitrogens with zero attached hydrogens (tertiary/aromatic N) is 1. The molecule has 0 fully saturated rings. The molecule has 1 atom stereocenters. The normalized spacial score (nSPS) is 12.2. The number of carbonyl (C=O) groups is 2. The number of aliphatic carboxylic acids is 1. The highest BCUT2D eigenvalue weighted by Crippen LogP contribution is 2.02. The van der Waals surface area contributed by atoms with Crippen molar-refractivity contribution in [3.8, 4) is 0 Å². The van der Waals surface area contributed by atoms with Crippen LogP contribution in [0.5, 0.6) is 0 Å². The minimum absolute atomic E-state index is 0.245. The first-order valence-electron chi connectivity index (χ1n) is 6.15. The van der Waals surface area contributed by atoms with Gasteiger partial charge in [0, 0.05) is 13.2 Å². The molecule has 0 aromatic carbocycles. The summed E-state index contributed by atoms with van der Waals surface area (Å²) < 4.78 is 5.37. The smallest absolute Gasteiger partial charge is 0.323 e. The monoisotopic (exact) mass is 245 g/mol. The summed E-state index contributed by atoms with van der Waals surface area (Å²) in [5.74, 6) is -1.24. The number of unbranched alkanes of at least 4 members (excludes halogenated alkanes) is 1. The van der Waals surface area contributed by atoms with Crippen LogP contribution in [0.1, 0.15) is 40.0 Å². The molecule has 0 aromatic rings. The van der Waals surface area contributed by atoms with Crippen LogP contribution in [0, 0.1) is 0 Å². The highest BCUT2D eigenvalue weighted by molar-refractivity contribution is 5.84. The molecule has 1 amide bonds. The van der Waals surface area contributed by atoms with E-state index in [4.69, 9.17) is 9.84 Å². The summed E-state index contributed by atoms with van der Waals surface area (Å²) in [4.78, 5) is 23.9. The van der Waals surface area contributed by atoms with E-state index in [1.54, 1.807) is 6.92 Å². The molecule has 5 heteroatoms. The number of carboxylic acid groups (broad SMARTS) is 1. The molecule has 1 N–H and O–H groups in total. The summed E-state index contributed by atoms with van der Waals surface area (Å²) in [6, 6.07) is 0. The van der Waals surface area contributed by atoms with Gasteiger partial charge in [0.15, 0.2) is 0 Å². The van der Waals surface area contributed by atoms with Crippen molar-refractivity contribution in [3.63, 3.8) is 0 Å². The fraction of sp³-hybridized carbons (Fsp3) is 0.833. The average molecular weight is 245 g/mol. The summed E-state index contributed by atoms with van der Waals surface area (Å²) in [5.41, 5.74) is 0. The maximum atomic E-state index is 11.9. The lowest BCUT2D eigenvalue weighted by atomic mass is 10.3. The van der Waals surface area contributed by atoms with Gasteiger partial charge in [-0.2, -0.15) is 0 Å². The number of hydrogen-bond donors (Lipinski definition) is 1. The molecule has 0 aliphatic rings. The van der Waals surface area contributed by atoms with Gasteiger partial charge in [0.05, 0.1) is 0 Å². The third-order valence-corrected chi connectivity index (χ3v) is 2.34. The van der Waals surface area contributed by atoms with E-state index in [0.29, 0.717) is 13.2 Å². The van der Waals surface area contributed by atoms with Crippen molar-refractivity contribution < 1.29 is 19.4 Å². The summed E-state index contributed by atoms with van der Waals surface area (Å²) in [5, 5.41) is 8.72. The Labute approximate surface area is 103 Å². The van der Waals surface area contributed by atoms with E-state index >= 15 is 0 Å². The summed E-state index contributed by atoms with van der Waals surface area (Å²) >= 11 is 0. The van der Waals surface area contributed by atoms with Crippen LogP contribution in [-0.2, 0) is 14.3 Å². The van der Waals surface area contributed by atoms with Crippen LogP contribution in [0.2, 0.25) is 0 Å². The molecule has 17 heavy (non-hydrogen) atoms. The second kappa shape index (κ2) is 8.98. The minimum atomic E-state index is -0.993. The zero-order valence-electron chi connectivity index (χ0n) is 10.9. The lowest BCUT2D eigenvalue weighted by Gasteiger charge is -2.23.